The van der Waals surface area contributed by atoms with E-state index in [1.54, 1.807) is 24.3 Å². The summed E-state index contributed by atoms with van der Waals surface area (Å²) in [5.41, 5.74) is 0.0672. The Hall–Kier alpha value is -3.16. The summed E-state index contributed by atoms with van der Waals surface area (Å²) in [5, 5.41) is 24.8. The van der Waals surface area contributed by atoms with Gasteiger partial charge in [0.05, 0.1) is 22.0 Å². The molecule has 2 aromatic carbocycles. The quantitative estimate of drug-likeness (QED) is 0.594. The van der Waals surface area contributed by atoms with Crippen LogP contribution in [0.1, 0.15) is 20.3 Å². The predicted octanol–water partition coefficient (Wildman–Crippen LogP) is 4.42. The summed E-state index contributed by atoms with van der Waals surface area (Å²) in [5.74, 6) is 0.638. The molecule has 24 heavy (non-hydrogen) atoms. The van der Waals surface area contributed by atoms with E-state index in [-0.39, 0.29) is 23.2 Å². The number of anilines is 2. The summed E-state index contributed by atoms with van der Waals surface area (Å²) in [6, 6.07) is 10.5. The molecule has 0 fully saturated rings. The van der Waals surface area contributed by atoms with Gasteiger partial charge in [-0.15, -0.1) is 0 Å². The Morgan fingerprint density at radius 1 is 1.12 bits per heavy atom. The highest BCUT2D eigenvalue weighted by Crippen LogP contribution is 2.32. The Morgan fingerprint density at radius 2 is 1.88 bits per heavy atom. The van der Waals surface area contributed by atoms with Crippen molar-refractivity contribution in [3.05, 3.63) is 62.7 Å². The van der Waals surface area contributed by atoms with Gasteiger partial charge in [-0.25, -0.2) is 0 Å². The maximum atomic E-state index is 11.2. The van der Waals surface area contributed by atoms with Gasteiger partial charge in [-0.2, -0.15) is 0 Å². The average molecular weight is 331 g/mol. The summed E-state index contributed by atoms with van der Waals surface area (Å²) in [6.45, 7) is 3.95. The van der Waals surface area contributed by atoms with E-state index < -0.39 is 9.85 Å². The lowest BCUT2D eigenvalue weighted by atomic mass is 10.2. The van der Waals surface area contributed by atoms with Gasteiger partial charge in [-0.1, -0.05) is 13.0 Å². The van der Waals surface area contributed by atoms with Crippen molar-refractivity contribution in [2.45, 2.75) is 26.4 Å². The van der Waals surface area contributed by atoms with E-state index in [0.717, 1.165) is 12.5 Å². The third-order valence-corrected chi connectivity index (χ3v) is 3.41. The molecule has 8 nitrogen and oxygen atoms in total. The van der Waals surface area contributed by atoms with Gasteiger partial charge in [0.2, 0.25) is 0 Å². The number of nitro groups is 2. The molecule has 0 saturated heterocycles. The predicted molar refractivity (Wildman–Crippen MR) is 89.9 cm³/mol. The molecule has 2 aromatic rings. The zero-order chi connectivity index (χ0) is 17.7. The van der Waals surface area contributed by atoms with Crippen molar-refractivity contribution in [1.82, 2.24) is 0 Å². The Morgan fingerprint density at radius 3 is 2.50 bits per heavy atom. The SMILES string of the molecule is CCC(C)Oc1cccc(Nc2ccc([N+](=O)[O-])cc2[N+](=O)[O-])c1. The molecule has 1 N–H and O–H groups in total. The topological polar surface area (TPSA) is 108 Å². The molecule has 0 bridgehead atoms. The molecule has 1 unspecified atom stereocenters. The van der Waals surface area contributed by atoms with Crippen molar-refractivity contribution in [3.63, 3.8) is 0 Å². The Bertz CT molecular complexity index is 763. The van der Waals surface area contributed by atoms with E-state index in [4.69, 9.17) is 4.74 Å². The number of rotatable bonds is 7. The van der Waals surface area contributed by atoms with Crippen molar-refractivity contribution >= 4 is 22.7 Å². The number of nitrogens with zero attached hydrogens (tertiary/aromatic N) is 2. The molecule has 0 saturated carbocycles. The minimum absolute atomic E-state index is 0.0500. The second-order valence-corrected chi connectivity index (χ2v) is 5.21. The molecule has 0 radical (unpaired) electrons. The minimum Gasteiger partial charge on any atom is -0.491 e. The lowest BCUT2D eigenvalue weighted by Crippen LogP contribution is -2.09. The number of hydrogen-bond donors (Lipinski definition) is 1. The maximum Gasteiger partial charge on any atom is 0.299 e. The monoisotopic (exact) mass is 331 g/mol. The molecule has 0 heterocycles. The van der Waals surface area contributed by atoms with Crippen molar-refractivity contribution in [2.75, 3.05) is 5.32 Å². The molecule has 0 aliphatic rings. The number of hydrogen-bond acceptors (Lipinski definition) is 6. The van der Waals surface area contributed by atoms with Crippen LogP contribution < -0.4 is 10.1 Å². The third-order valence-electron chi connectivity index (χ3n) is 3.41. The molecule has 2 rings (SSSR count). The van der Waals surface area contributed by atoms with Gasteiger partial charge < -0.3 is 10.1 Å². The van der Waals surface area contributed by atoms with Crippen molar-refractivity contribution < 1.29 is 14.6 Å². The normalized spacial score (nSPS) is 11.6. The fourth-order valence-electron chi connectivity index (χ4n) is 2.01. The summed E-state index contributed by atoms with van der Waals surface area (Å²) in [6.07, 6.45) is 0.903. The first-order valence-electron chi connectivity index (χ1n) is 7.37. The molecule has 0 aromatic heterocycles. The number of benzene rings is 2. The Balaban J connectivity index is 2.29. The zero-order valence-electron chi connectivity index (χ0n) is 13.3. The summed E-state index contributed by atoms with van der Waals surface area (Å²) >= 11 is 0. The van der Waals surface area contributed by atoms with Crippen LogP contribution in [0.5, 0.6) is 5.75 Å². The van der Waals surface area contributed by atoms with Crippen LogP contribution in [0.15, 0.2) is 42.5 Å². The average Bonchev–Trinajstić information content (AvgIpc) is 2.55. The molecule has 0 aliphatic carbocycles. The van der Waals surface area contributed by atoms with Gasteiger partial charge in [-0.05, 0) is 31.5 Å². The largest absolute Gasteiger partial charge is 0.491 e. The first-order chi connectivity index (χ1) is 11.4. The summed E-state index contributed by atoms with van der Waals surface area (Å²) in [7, 11) is 0. The summed E-state index contributed by atoms with van der Waals surface area (Å²) in [4.78, 5) is 20.6. The highest BCUT2D eigenvalue weighted by molar-refractivity contribution is 5.72. The van der Waals surface area contributed by atoms with Gasteiger partial charge in [0.25, 0.3) is 11.4 Å². The minimum atomic E-state index is -0.669. The van der Waals surface area contributed by atoms with E-state index >= 15 is 0 Å². The van der Waals surface area contributed by atoms with Crippen LogP contribution in [0.4, 0.5) is 22.7 Å². The van der Waals surface area contributed by atoms with Crippen molar-refractivity contribution in [3.8, 4) is 5.75 Å². The molecule has 1 atom stereocenters. The first-order valence-corrected chi connectivity index (χ1v) is 7.37. The van der Waals surface area contributed by atoms with E-state index in [9.17, 15) is 20.2 Å². The second-order valence-electron chi connectivity index (χ2n) is 5.21. The second kappa shape index (κ2) is 7.40. The van der Waals surface area contributed by atoms with Crippen molar-refractivity contribution in [1.29, 1.82) is 0 Å². The van der Waals surface area contributed by atoms with Crippen molar-refractivity contribution in [2.24, 2.45) is 0 Å². The number of non-ortho nitro benzene ring substituents is 1. The molecule has 0 aliphatic heterocycles. The maximum absolute atomic E-state index is 11.2. The van der Waals surface area contributed by atoms with Crippen LogP contribution in [-0.4, -0.2) is 16.0 Å². The Labute approximate surface area is 138 Å². The third kappa shape index (κ3) is 4.19. The molecule has 0 amide bonds. The van der Waals surface area contributed by atoms with Gasteiger partial charge in [0.15, 0.2) is 0 Å². The zero-order valence-corrected chi connectivity index (χ0v) is 13.3. The van der Waals surface area contributed by atoms with Crippen LogP contribution in [0.2, 0.25) is 0 Å². The van der Waals surface area contributed by atoms with Crippen LogP contribution in [-0.2, 0) is 0 Å². The highest BCUT2D eigenvalue weighted by atomic mass is 16.6. The molecule has 8 heteroatoms. The lowest BCUT2D eigenvalue weighted by molar-refractivity contribution is -0.393. The number of nitrogens with one attached hydrogen (secondary N) is 1. The lowest BCUT2D eigenvalue weighted by Gasteiger charge is -2.14. The van der Waals surface area contributed by atoms with Crippen LogP contribution in [0.3, 0.4) is 0 Å². The standard InChI is InChI=1S/C16H17N3O5/c1-3-11(2)24-14-6-4-5-12(9-14)17-15-8-7-13(18(20)21)10-16(15)19(22)23/h4-11,17H,3H2,1-2H3. The molecule has 126 valence electrons. The first kappa shape index (κ1) is 17.2. The van der Waals surface area contributed by atoms with Crippen LogP contribution >= 0.6 is 0 Å². The molecular weight excluding hydrogens is 314 g/mol. The van der Waals surface area contributed by atoms with Gasteiger partial charge in [0, 0.05) is 17.8 Å². The van der Waals surface area contributed by atoms with E-state index in [1.807, 2.05) is 13.8 Å². The van der Waals surface area contributed by atoms with Gasteiger partial charge >= 0.3 is 0 Å². The van der Waals surface area contributed by atoms with Crippen LogP contribution in [0.25, 0.3) is 0 Å². The summed E-state index contributed by atoms with van der Waals surface area (Å²) < 4.78 is 5.71. The van der Waals surface area contributed by atoms with Gasteiger partial charge in [-0.3, -0.25) is 20.2 Å². The Kier molecular flexibility index (Phi) is 5.31. The fourth-order valence-corrected chi connectivity index (χ4v) is 2.01. The van der Waals surface area contributed by atoms with E-state index in [1.165, 1.54) is 12.1 Å². The van der Waals surface area contributed by atoms with E-state index in [0.29, 0.717) is 11.4 Å². The molecular formula is C16H17N3O5. The number of nitro benzene ring substituents is 2. The highest BCUT2D eigenvalue weighted by Gasteiger charge is 2.19. The van der Waals surface area contributed by atoms with Gasteiger partial charge in [0.1, 0.15) is 11.4 Å². The molecule has 0 spiro atoms. The van der Waals surface area contributed by atoms with Crippen LogP contribution in [0, 0.1) is 20.2 Å². The fraction of sp³-hybridized carbons (Fsp3) is 0.250. The smallest absolute Gasteiger partial charge is 0.299 e. The van der Waals surface area contributed by atoms with E-state index in [2.05, 4.69) is 5.32 Å². The number of ether oxygens (including phenoxy) is 1.